The lowest BCUT2D eigenvalue weighted by Crippen LogP contribution is -2.36. The van der Waals surface area contributed by atoms with E-state index in [0.717, 1.165) is 12.1 Å². The van der Waals surface area contributed by atoms with Crippen LogP contribution in [-0.4, -0.2) is 35.6 Å². The minimum atomic E-state index is -4.65. The van der Waals surface area contributed by atoms with Gasteiger partial charge in [0.05, 0.1) is 39.9 Å². The summed E-state index contributed by atoms with van der Waals surface area (Å²) in [4.78, 5) is 38.6. The van der Waals surface area contributed by atoms with Gasteiger partial charge in [0.1, 0.15) is 24.7 Å². The number of imide groups is 1. The average Bonchev–Trinajstić information content (AvgIpc) is 3.19. The lowest BCUT2D eigenvalue weighted by atomic mass is 10.1. The van der Waals surface area contributed by atoms with E-state index in [4.69, 9.17) is 21.1 Å². The second-order valence-corrected chi connectivity index (χ2v) is 9.88. The van der Waals surface area contributed by atoms with Gasteiger partial charge in [-0.25, -0.2) is 0 Å². The predicted molar refractivity (Wildman–Crippen MR) is 146 cm³/mol. The number of nitrogens with one attached hydrogen (secondary N) is 1. The fourth-order valence-corrected chi connectivity index (χ4v) is 4.82. The smallest absolute Gasteiger partial charge is 0.416 e. The lowest BCUT2D eigenvalue weighted by Gasteiger charge is -2.16. The minimum absolute atomic E-state index is 0.0205. The Morgan fingerprint density at radius 2 is 1.85 bits per heavy atom. The van der Waals surface area contributed by atoms with Gasteiger partial charge in [-0.05, 0) is 59.8 Å². The van der Waals surface area contributed by atoms with Crippen molar-refractivity contribution >= 4 is 52.2 Å². The van der Waals surface area contributed by atoms with Crippen molar-refractivity contribution in [1.29, 1.82) is 5.26 Å². The molecular weight excluding hydrogens is 583 g/mol. The molecule has 1 fully saturated rings. The van der Waals surface area contributed by atoms with E-state index in [-0.39, 0.29) is 28.0 Å². The van der Waals surface area contributed by atoms with Gasteiger partial charge in [-0.1, -0.05) is 35.9 Å². The molecule has 0 saturated carbocycles. The summed E-state index contributed by atoms with van der Waals surface area (Å²) in [6.45, 7) is -0.616. The fraction of sp³-hybridized carbons (Fsp3) is 0.143. The van der Waals surface area contributed by atoms with Crippen LogP contribution in [0.15, 0.2) is 65.6 Å². The molecule has 0 bridgehead atoms. The standard InChI is InChI=1S/C28H19ClF3N3O5S/c1-39-23-9-7-19(28(30,31)32)12-21(23)34-25(36)14-35-26(37)24(41-27(35)38)11-16-6-8-22(20(29)10-16)40-15-18-5-3-2-4-17(18)13-33/h2-12H,14-15H2,1H3,(H,34,36)/b24-11-. The highest BCUT2D eigenvalue weighted by molar-refractivity contribution is 8.18. The number of thioether (sulfide) groups is 1. The summed E-state index contributed by atoms with van der Waals surface area (Å²) >= 11 is 6.94. The van der Waals surface area contributed by atoms with Crippen LogP contribution in [0.1, 0.15) is 22.3 Å². The highest BCUT2D eigenvalue weighted by atomic mass is 35.5. The first-order valence-electron chi connectivity index (χ1n) is 11.7. The number of hydrogen-bond donors (Lipinski definition) is 1. The Labute approximate surface area is 241 Å². The van der Waals surface area contributed by atoms with Gasteiger partial charge in [0.25, 0.3) is 11.1 Å². The zero-order valence-corrected chi connectivity index (χ0v) is 22.7. The van der Waals surface area contributed by atoms with E-state index in [2.05, 4.69) is 11.4 Å². The number of ether oxygens (including phenoxy) is 2. The molecule has 1 aliphatic rings. The molecule has 0 aliphatic carbocycles. The first-order chi connectivity index (χ1) is 19.5. The van der Waals surface area contributed by atoms with Gasteiger partial charge in [0.15, 0.2) is 0 Å². The second-order valence-electron chi connectivity index (χ2n) is 8.48. The molecule has 3 aromatic carbocycles. The molecule has 8 nitrogen and oxygen atoms in total. The Bertz CT molecular complexity index is 1600. The van der Waals surface area contributed by atoms with Crippen molar-refractivity contribution in [2.75, 3.05) is 19.0 Å². The highest BCUT2D eigenvalue weighted by Crippen LogP contribution is 2.36. The van der Waals surface area contributed by atoms with Crippen molar-refractivity contribution in [3.8, 4) is 17.6 Å². The first kappa shape index (κ1) is 29.5. The average molecular weight is 602 g/mol. The van der Waals surface area contributed by atoms with Crippen molar-refractivity contribution in [2.24, 2.45) is 0 Å². The molecule has 41 heavy (non-hydrogen) atoms. The van der Waals surface area contributed by atoms with Crippen LogP contribution in [0.25, 0.3) is 6.08 Å². The number of nitrogens with zero attached hydrogens (tertiary/aromatic N) is 2. The third kappa shape index (κ3) is 7.00. The van der Waals surface area contributed by atoms with Crippen molar-refractivity contribution in [1.82, 2.24) is 4.90 Å². The molecule has 3 aromatic rings. The lowest BCUT2D eigenvalue weighted by molar-refractivity contribution is -0.137. The fourth-order valence-electron chi connectivity index (χ4n) is 3.74. The van der Waals surface area contributed by atoms with Gasteiger partial charge < -0.3 is 14.8 Å². The quantitative estimate of drug-likeness (QED) is 0.294. The highest BCUT2D eigenvalue weighted by Gasteiger charge is 2.37. The number of hydrogen-bond acceptors (Lipinski definition) is 7. The summed E-state index contributed by atoms with van der Waals surface area (Å²) in [5.41, 5.74) is 0.356. The van der Waals surface area contributed by atoms with Crippen molar-refractivity contribution < 1.29 is 37.0 Å². The largest absolute Gasteiger partial charge is 0.495 e. The Hall–Kier alpha value is -4.47. The van der Waals surface area contributed by atoms with E-state index >= 15 is 0 Å². The number of carbonyl (C=O) groups is 3. The van der Waals surface area contributed by atoms with E-state index in [1.165, 1.54) is 19.3 Å². The molecular formula is C28H19ClF3N3O5S. The van der Waals surface area contributed by atoms with Crippen LogP contribution in [-0.2, 0) is 22.4 Å². The molecule has 0 radical (unpaired) electrons. The molecule has 0 aromatic heterocycles. The molecule has 4 rings (SSSR count). The van der Waals surface area contributed by atoms with Gasteiger partial charge in [-0.2, -0.15) is 18.4 Å². The Balaban J connectivity index is 1.43. The zero-order valence-electron chi connectivity index (χ0n) is 21.1. The minimum Gasteiger partial charge on any atom is -0.495 e. The SMILES string of the molecule is COc1ccc(C(F)(F)F)cc1NC(=O)CN1C(=O)S/C(=C\c2ccc(OCc3ccccc3C#N)c(Cl)c2)C1=O. The zero-order chi connectivity index (χ0) is 29.7. The number of rotatable bonds is 8. The van der Waals surface area contributed by atoms with Gasteiger partial charge in [0, 0.05) is 5.56 Å². The number of anilines is 1. The normalized spacial score (nSPS) is 14.2. The summed E-state index contributed by atoms with van der Waals surface area (Å²) < 4.78 is 50.0. The number of alkyl halides is 3. The molecule has 1 saturated heterocycles. The van der Waals surface area contributed by atoms with Crippen LogP contribution >= 0.6 is 23.4 Å². The van der Waals surface area contributed by atoms with Crippen LogP contribution < -0.4 is 14.8 Å². The summed E-state index contributed by atoms with van der Waals surface area (Å²) in [5, 5.41) is 11.0. The molecule has 13 heteroatoms. The van der Waals surface area contributed by atoms with Crippen LogP contribution in [0.3, 0.4) is 0 Å². The Morgan fingerprint density at radius 1 is 1.12 bits per heavy atom. The molecule has 1 heterocycles. The maximum atomic E-state index is 13.1. The third-order valence-corrected chi connectivity index (χ3v) is 6.95. The molecule has 3 amide bonds. The summed E-state index contributed by atoms with van der Waals surface area (Å²) in [6, 6.07) is 16.3. The number of halogens is 4. The molecule has 0 unspecified atom stereocenters. The number of methoxy groups -OCH3 is 1. The number of nitriles is 1. The third-order valence-electron chi connectivity index (χ3n) is 5.75. The predicted octanol–water partition coefficient (Wildman–Crippen LogP) is 6.49. The molecule has 0 spiro atoms. The maximum Gasteiger partial charge on any atom is 0.416 e. The first-order valence-corrected chi connectivity index (χ1v) is 12.9. The monoisotopic (exact) mass is 601 g/mol. The molecule has 1 aliphatic heterocycles. The Kier molecular flexibility index (Phi) is 8.90. The number of amides is 3. The summed E-state index contributed by atoms with van der Waals surface area (Å²) in [7, 11) is 1.22. The molecule has 210 valence electrons. The Morgan fingerprint density at radius 3 is 2.54 bits per heavy atom. The van der Waals surface area contributed by atoms with Crippen LogP contribution in [0.4, 0.5) is 23.7 Å². The molecule has 1 N–H and O–H groups in total. The molecule has 0 atom stereocenters. The van der Waals surface area contributed by atoms with Crippen LogP contribution in [0.5, 0.6) is 11.5 Å². The maximum absolute atomic E-state index is 13.1. The van der Waals surface area contributed by atoms with Gasteiger partial charge >= 0.3 is 6.18 Å². The van der Waals surface area contributed by atoms with Gasteiger partial charge in [-0.15, -0.1) is 0 Å². The summed E-state index contributed by atoms with van der Waals surface area (Å²) in [5.74, 6) is -1.34. The summed E-state index contributed by atoms with van der Waals surface area (Å²) in [6.07, 6.45) is -3.24. The second kappa shape index (κ2) is 12.4. The number of carbonyl (C=O) groups excluding carboxylic acids is 3. The topological polar surface area (TPSA) is 109 Å². The van der Waals surface area contributed by atoms with Crippen molar-refractivity contribution in [3.05, 3.63) is 92.8 Å². The van der Waals surface area contributed by atoms with E-state index in [0.29, 0.717) is 45.2 Å². The van der Waals surface area contributed by atoms with Crippen LogP contribution in [0.2, 0.25) is 5.02 Å². The van der Waals surface area contributed by atoms with Gasteiger partial charge in [0.2, 0.25) is 5.91 Å². The number of benzene rings is 3. The van der Waals surface area contributed by atoms with E-state index in [1.807, 2.05) is 0 Å². The van der Waals surface area contributed by atoms with E-state index in [1.54, 1.807) is 36.4 Å². The van der Waals surface area contributed by atoms with E-state index < -0.39 is 35.3 Å². The van der Waals surface area contributed by atoms with Gasteiger partial charge in [-0.3, -0.25) is 19.3 Å². The van der Waals surface area contributed by atoms with Crippen molar-refractivity contribution in [2.45, 2.75) is 12.8 Å². The van der Waals surface area contributed by atoms with E-state index in [9.17, 15) is 32.8 Å². The van der Waals surface area contributed by atoms with Crippen molar-refractivity contribution in [3.63, 3.8) is 0 Å². The van der Waals surface area contributed by atoms with Crippen LogP contribution in [0, 0.1) is 11.3 Å².